The second-order valence-corrected chi connectivity index (χ2v) is 10.5. The number of thioether (sulfide) groups is 1. The lowest BCUT2D eigenvalue weighted by atomic mass is 10.1. The van der Waals surface area contributed by atoms with Crippen molar-refractivity contribution in [2.24, 2.45) is 4.99 Å². The number of benzene rings is 1. The van der Waals surface area contributed by atoms with Crippen LogP contribution >= 0.6 is 11.8 Å². The van der Waals surface area contributed by atoms with Crippen molar-refractivity contribution in [1.82, 2.24) is 15.3 Å². The summed E-state index contributed by atoms with van der Waals surface area (Å²) in [5, 5.41) is 2.41. The normalized spacial score (nSPS) is 21.9. The van der Waals surface area contributed by atoms with Gasteiger partial charge in [-0.15, -0.1) is 0 Å². The van der Waals surface area contributed by atoms with Gasteiger partial charge in [0.05, 0.1) is 4.91 Å². The molecule has 0 aromatic heterocycles. The van der Waals surface area contributed by atoms with E-state index in [1.54, 1.807) is 20.8 Å². The van der Waals surface area contributed by atoms with Gasteiger partial charge in [-0.1, -0.05) is 0 Å². The van der Waals surface area contributed by atoms with Crippen LogP contribution in [0.4, 0.5) is 9.18 Å². The fraction of sp³-hybridized carbons (Fsp3) is 0.500. The number of amidine groups is 1. The highest BCUT2D eigenvalue weighted by Crippen LogP contribution is 2.33. The van der Waals surface area contributed by atoms with Gasteiger partial charge in [-0.2, -0.15) is 4.99 Å². The Morgan fingerprint density at radius 3 is 2.74 bits per heavy atom. The predicted octanol–water partition coefficient (Wildman–Crippen LogP) is 3.70. The van der Waals surface area contributed by atoms with Gasteiger partial charge in [0, 0.05) is 31.3 Å². The van der Waals surface area contributed by atoms with E-state index in [2.05, 4.69) is 10.4 Å². The van der Waals surface area contributed by atoms with Crippen LogP contribution < -0.4 is 10.2 Å². The summed E-state index contributed by atoms with van der Waals surface area (Å²) in [7, 11) is 0. The Labute approximate surface area is 207 Å². The van der Waals surface area contributed by atoms with Crippen LogP contribution in [0.5, 0.6) is 5.75 Å². The second-order valence-electron chi connectivity index (χ2n) is 9.51. The molecule has 0 saturated carbocycles. The number of ether oxygens (including phenoxy) is 2. The molecule has 2 amide bonds. The molecule has 3 heterocycles. The molecule has 3 aliphatic rings. The van der Waals surface area contributed by atoms with Gasteiger partial charge < -0.3 is 9.47 Å². The molecule has 4 rings (SSSR count). The summed E-state index contributed by atoms with van der Waals surface area (Å²) in [6, 6.07) is 2.92. The minimum absolute atomic E-state index is 0.0310. The zero-order valence-corrected chi connectivity index (χ0v) is 20.8. The van der Waals surface area contributed by atoms with Gasteiger partial charge in [0.15, 0.2) is 5.17 Å². The average molecular weight is 505 g/mol. The highest BCUT2D eigenvalue weighted by Gasteiger charge is 2.38. The molecule has 1 aromatic carbocycles. The van der Waals surface area contributed by atoms with Crippen molar-refractivity contribution in [3.8, 4) is 5.75 Å². The number of hydrogen-bond donors (Lipinski definition) is 1. The Morgan fingerprint density at radius 1 is 1.23 bits per heavy atom. The Kier molecular flexibility index (Phi) is 7.46. The highest BCUT2D eigenvalue weighted by molar-refractivity contribution is 8.18. The van der Waals surface area contributed by atoms with E-state index in [-0.39, 0.29) is 5.75 Å². The summed E-state index contributed by atoms with van der Waals surface area (Å²) in [6.45, 7) is 7.18. The number of nitrogens with one attached hydrogen (secondary N) is 1. The number of hydrazine groups is 1. The van der Waals surface area contributed by atoms with Crippen LogP contribution in [0, 0.1) is 5.82 Å². The molecule has 1 aromatic rings. The molecule has 0 aliphatic carbocycles. The summed E-state index contributed by atoms with van der Waals surface area (Å²) in [5.74, 6) is -1.72. The molecule has 0 spiro atoms. The number of rotatable bonds is 3. The number of carbonyl (C=O) groups is 3. The number of nitrogens with zero attached hydrogens (tertiary/aromatic N) is 3. The van der Waals surface area contributed by atoms with E-state index >= 15 is 0 Å². The fourth-order valence-electron chi connectivity index (χ4n) is 3.95. The first-order valence-corrected chi connectivity index (χ1v) is 12.5. The minimum atomic E-state index is -0.837. The molecule has 35 heavy (non-hydrogen) atoms. The molecule has 2 fully saturated rings. The van der Waals surface area contributed by atoms with Crippen molar-refractivity contribution in [1.29, 1.82) is 0 Å². The molecular formula is C24H29FN4O5S. The zero-order valence-electron chi connectivity index (χ0n) is 20.0. The molecule has 3 aliphatic heterocycles. The van der Waals surface area contributed by atoms with Gasteiger partial charge in [-0.3, -0.25) is 14.7 Å². The Morgan fingerprint density at radius 2 is 2.03 bits per heavy atom. The highest BCUT2D eigenvalue weighted by atomic mass is 32.2. The lowest BCUT2D eigenvalue weighted by molar-refractivity contribution is -0.139. The van der Waals surface area contributed by atoms with Crippen LogP contribution in [0.15, 0.2) is 28.1 Å². The van der Waals surface area contributed by atoms with E-state index in [1.807, 2.05) is 5.01 Å². The van der Waals surface area contributed by atoms with Crippen molar-refractivity contribution in [2.75, 3.05) is 19.6 Å². The molecule has 2 saturated heterocycles. The summed E-state index contributed by atoms with van der Waals surface area (Å²) in [5.41, 5.74) is 2.87. The lowest BCUT2D eigenvalue weighted by Crippen LogP contribution is -2.45. The van der Waals surface area contributed by atoms with Crippen LogP contribution in [0.25, 0.3) is 6.08 Å². The summed E-state index contributed by atoms with van der Waals surface area (Å²) in [6.07, 6.45) is 4.03. The maximum Gasteiger partial charge on any atom is 0.411 e. The number of likely N-dealkylation sites (tertiary alicyclic amines) is 1. The van der Waals surface area contributed by atoms with Crippen LogP contribution in [0.2, 0.25) is 0 Å². The molecule has 1 atom stereocenters. The van der Waals surface area contributed by atoms with Gasteiger partial charge in [0.1, 0.15) is 23.2 Å². The zero-order chi connectivity index (χ0) is 25.2. The molecule has 1 unspecified atom stereocenters. The lowest BCUT2D eigenvalue weighted by Gasteiger charge is -2.28. The van der Waals surface area contributed by atoms with E-state index in [9.17, 15) is 18.8 Å². The Hall–Kier alpha value is -2.92. The molecule has 11 heteroatoms. The SMILES string of the molecule is CC(C)(C)OC(=O)N1CCCC1C(=O)Oc1cc(F)ccc1/C=C1/SC(N2CCCCN2)=NC1=O. The van der Waals surface area contributed by atoms with Gasteiger partial charge in [0.2, 0.25) is 0 Å². The third-order valence-electron chi connectivity index (χ3n) is 5.58. The molecule has 0 bridgehead atoms. The second kappa shape index (κ2) is 10.4. The van der Waals surface area contributed by atoms with Crippen LogP contribution in [-0.4, -0.2) is 64.3 Å². The van der Waals surface area contributed by atoms with Gasteiger partial charge in [0.25, 0.3) is 5.91 Å². The quantitative estimate of drug-likeness (QED) is 0.378. The molecule has 188 valence electrons. The first-order chi connectivity index (χ1) is 16.6. The summed E-state index contributed by atoms with van der Waals surface area (Å²) < 4.78 is 25.0. The predicted molar refractivity (Wildman–Crippen MR) is 130 cm³/mol. The monoisotopic (exact) mass is 504 g/mol. The topological polar surface area (TPSA) is 101 Å². The van der Waals surface area contributed by atoms with Crippen molar-refractivity contribution >= 4 is 41.0 Å². The van der Waals surface area contributed by atoms with Crippen molar-refractivity contribution in [3.63, 3.8) is 0 Å². The van der Waals surface area contributed by atoms with E-state index in [4.69, 9.17) is 9.47 Å². The van der Waals surface area contributed by atoms with Crippen LogP contribution in [0.1, 0.15) is 52.0 Å². The first kappa shape index (κ1) is 25.2. The Balaban J connectivity index is 1.50. The summed E-state index contributed by atoms with van der Waals surface area (Å²) in [4.78, 5) is 43.8. The summed E-state index contributed by atoms with van der Waals surface area (Å²) >= 11 is 1.21. The molecule has 0 radical (unpaired) electrons. The third kappa shape index (κ3) is 6.21. The number of halogens is 1. The standard InChI is InChI=1S/C24H29FN4O5S/c1-24(2,3)34-23(32)28-11-6-7-17(28)21(31)33-18-14-16(25)9-8-15(18)13-19-20(30)27-22(35-19)29-12-5-4-10-26-29/h8-9,13-14,17,26H,4-7,10-12H2,1-3H3/b19-13+. The van der Waals surface area contributed by atoms with Gasteiger partial charge >= 0.3 is 12.1 Å². The van der Waals surface area contributed by atoms with E-state index in [0.29, 0.717) is 35.0 Å². The maximum atomic E-state index is 14.1. The minimum Gasteiger partial charge on any atom is -0.444 e. The van der Waals surface area contributed by atoms with E-state index in [0.717, 1.165) is 32.0 Å². The maximum absolute atomic E-state index is 14.1. The van der Waals surface area contributed by atoms with Crippen LogP contribution in [-0.2, 0) is 14.3 Å². The number of hydrogen-bond acceptors (Lipinski definition) is 8. The number of carbonyl (C=O) groups excluding carboxylic acids is 3. The van der Waals surface area contributed by atoms with E-state index < -0.39 is 35.4 Å². The largest absolute Gasteiger partial charge is 0.444 e. The first-order valence-electron chi connectivity index (χ1n) is 11.7. The molecule has 1 N–H and O–H groups in total. The smallest absolute Gasteiger partial charge is 0.411 e. The number of amides is 2. The fourth-order valence-corrected chi connectivity index (χ4v) is 4.86. The van der Waals surface area contributed by atoms with Gasteiger partial charge in [-0.05, 0) is 76.4 Å². The Bertz CT molecular complexity index is 1080. The number of esters is 1. The molecule has 9 nitrogen and oxygen atoms in total. The van der Waals surface area contributed by atoms with Crippen molar-refractivity contribution in [3.05, 3.63) is 34.5 Å². The number of aliphatic imine (C=N–C) groups is 1. The van der Waals surface area contributed by atoms with Gasteiger partial charge in [-0.25, -0.2) is 19.4 Å². The van der Waals surface area contributed by atoms with Crippen molar-refractivity contribution in [2.45, 2.75) is 58.1 Å². The molecular weight excluding hydrogens is 475 g/mol. The van der Waals surface area contributed by atoms with Crippen LogP contribution in [0.3, 0.4) is 0 Å². The van der Waals surface area contributed by atoms with Crippen molar-refractivity contribution < 1.29 is 28.2 Å². The van der Waals surface area contributed by atoms with E-state index in [1.165, 1.54) is 34.9 Å². The average Bonchev–Trinajstić information content (AvgIpc) is 3.42. The third-order valence-corrected chi connectivity index (χ3v) is 6.58.